The normalized spacial score (nSPS) is 39.5. The molecular weight excluding hydrogens is 252 g/mol. The van der Waals surface area contributed by atoms with Gasteiger partial charge in [-0.15, -0.1) is 0 Å². The van der Waals surface area contributed by atoms with E-state index in [2.05, 4.69) is 23.6 Å². The Morgan fingerprint density at radius 2 is 2.10 bits per heavy atom. The number of hydrogen-bond donors (Lipinski definition) is 1. The lowest BCUT2D eigenvalue weighted by Gasteiger charge is -2.38. The van der Waals surface area contributed by atoms with Crippen molar-refractivity contribution in [2.24, 2.45) is 0 Å². The van der Waals surface area contributed by atoms with Crippen LogP contribution in [0.1, 0.15) is 58.8 Å². The molecule has 2 saturated heterocycles. The van der Waals surface area contributed by atoms with Crippen molar-refractivity contribution in [3.63, 3.8) is 0 Å². The Bertz CT molecular complexity index is 383. The highest BCUT2D eigenvalue weighted by Gasteiger charge is 2.52. The summed E-state index contributed by atoms with van der Waals surface area (Å²) in [7, 11) is 0. The first-order chi connectivity index (χ1) is 9.58. The predicted octanol–water partition coefficient (Wildman–Crippen LogP) is 2.33. The second-order valence-electron chi connectivity index (χ2n) is 7.05. The van der Waals surface area contributed by atoms with Crippen molar-refractivity contribution < 1.29 is 9.90 Å². The van der Waals surface area contributed by atoms with Crippen LogP contribution in [-0.4, -0.2) is 57.6 Å². The van der Waals surface area contributed by atoms with Gasteiger partial charge in [0.25, 0.3) is 0 Å². The largest absolute Gasteiger partial charge is 0.480 e. The molecule has 0 bridgehead atoms. The highest BCUT2D eigenvalue weighted by Crippen LogP contribution is 2.41. The second-order valence-corrected chi connectivity index (χ2v) is 7.05. The van der Waals surface area contributed by atoms with E-state index in [1.54, 1.807) is 0 Å². The lowest BCUT2D eigenvalue weighted by atomic mass is 9.89. The molecule has 0 aromatic carbocycles. The molecule has 1 saturated carbocycles. The summed E-state index contributed by atoms with van der Waals surface area (Å²) in [5, 5.41) is 9.82. The number of aliphatic carboxylic acids is 1. The minimum atomic E-state index is -0.589. The first-order valence-corrected chi connectivity index (χ1v) is 8.34. The number of hydrogen-bond acceptors (Lipinski definition) is 3. The van der Waals surface area contributed by atoms with Crippen LogP contribution in [-0.2, 0) is 4.79 Å². The third-order valence-electron chi connectivity index (χ3n) is 5.66. The smallest absolute Gasteiger partial charge is 0.324 e. The zero-order chi connectivity index (χ0) is 14.3. The Labute approximate surface area is 122 Å². The maximum absolute atomic E-state index is 11.9. The summed E-state index contributed by atoms with van der Waals surface area (Å²) in [6, 6.07) is 1.87. The van der Waals surface area contributed by atoms with Crippen molar-refractivity contribution in [3.05, 3.63) is 0 Å². The molecule has 3 atom stereocenters. The Balaban J connectivity index is 1.76. The SMILES string of the molecule is CCCC1(C(=O)O)CCCN1C1CC(C)N(C2CC2)C1. The van der Waals surface area contributed by atoms with E-state index in [0.717, 1.165) is 51.2 Å². The molecule has 4 heteroatoms. The van der Waals surface area contributed by atoms with E-state index in [9.17, 15) is 9.90 Å². The van der Waals surface area contributed by atoms with E-state index in [4.69, 9.17) is 0 Å². The summed E-state index contributed by atoms with van der Waals surface area (Å²) >= 11 is 0. The Kier molecular flexibility index (Phi) is 3.80. The van der Waals surface area contributed by atoms with Crippen molar-refractivity contribution in [1.82, 2.24) is 9.80 Å². The molecule has 20 heavy (non-hydrogen) atoms. The van der Waals surface area contributed by atoms with Crippen LogP contribution in [0.25, 0.3) is 0 Å². The van der Waals surface area contributed by atoms with Gasteiger partial charge in [0.05, 0.1) is 0 Å². The lowest BCUT2D eigenvalue weighted by molar-refractivity contribution is -0.151. The lowest BCUT2D eigenvalue weighted by Crippen LogP contribution is -2.55. The van der Waals surface area contributed by atoms with Gasteiger partial charge in [-0.25, -0.2) is 0 Å². The number of rotatable bonds is 5. The number of nitrogens with zero attached hydrogens (tertiary/aromatic N) is 2. The fourth-order valence-corrected chi connectivity index (χ4v) is 4.62. The van der Waals surface area contributed by atoms with Crippen LogP contribution >= 0.6 is 0 Å². The highest BCUT2D eigenvalue weighted by atomic mass is 16.4. The Morgan fingerprint density at radius 3 is 2.70 bits per heavy atom. The monoisotopic (exact) mass is 280 g/mol. The van der Waals surface area contributed by atoms with Gasteiger partial charge >= 0.3 is 5.97 Å². The molecule has 2 aliphatic heterocycles. The summed E-state index contributed by atoms with van der Waals surface area (Å²) in [6.45, 7) is 6.48. The molecule has 4 nitrogen and oxygen atoms in total. The third kappa shape index (κ3) is 2.27. The minimum absolute atomic E-state index is 0.454. The van der Waals surface area contributed by atoms with Crippen molar-refractivity contribution in [1.29, 1.82) is 0 Å². The molecule has 0 amide bonds. The van der Waals surface area contributed by atoms with Crippen LogP contribution in [0.15, 0.2) is 0 Å². The molecule has 1 N–H and O–H groups in total. The van der Waals surface area contributed by atoms with Gasteiger partial charge in [0.1, 0.15) is 5.54 Å². The van der Waals surface area contributed by atoms with Crippen LogP contribution in [0.4, 0.5) is 0 Å². The maximum atomic E-state index is 11.9. The van der Waals surface area contributed by atoms with Crippen LogP contribution < -0.4 is 0 Å². The average Bonchev–Trinajstić information content (AvgIpc) is 3.04. The molecule has 3 fully saturated rings. The van der Waals surface area contributed by atoms with Crippen LogP contribution in [0.3, 0.4) is 0 Å². The Morgan fingerprint density at radius 1 is 1.35 bits per heavy atom. The van der Waals surface area contributed by atoms with E-state index in [-0.39, 0.29) is 0 Å². The van der Waals surface area contributed by atoms with Crippen molar-refractivity contribution in [2.45, 2.75) is 82.5 Å². The minimum Gasteiger partial charge on any atom is -0.480 e. The topological polar surface area (TPSA) is 43.8 Å². The van der Waals surface area contributed by atoms with Gasteiger partial charge in [-0.2, -0.15) is 0 Å². The molecule has 0 aromatic rings. The standard InChI is InChI=1S/C16H28N2O2/c1-3-7-16(15(19)20)8-4-9-18(16)14-10-12(2)17(11-14)13-5-6-13/h12-14H,3-11H2,1-2H3,(H,19,20). The van der Waals surface area contributed by atoms with Gasteiger partial charge in [0.15, 0.2) is 0 Å². The van der Waals surface area contributed by atoms with Gasteiger partial charge in [-0.05, 0) is 52.0 Å². The van der Waals surface area contributed by atoms with Gasteiger partial charge < -0.3 is 5.11 Å². The number of carbonyl (C=O) groups is 1. The van der Waals surface area contributed by atoms with Gasteiger partial charge in [-0.3, -0.25) is 14.6 Å². The molecule has 0 spiro atoms. The first-order valence-electron chi connectivity index (χ1n) is 8.34. The summed E-state index contributed by atoms with van der Waals surface area (Å²) in [5.74, 6) is -0.589. The first kappa shape index (κ1) is 14.3. The average molecular weight is 280 g/mol. The van der Waals surface area contributed by atoms with Crippen molar-refractivity contribution >= 4 is 5.97 Å². The molecule has 0 aromatic heterocycles. The fraction of sp³-hybridized carbons (Fsp3) is 0.938. The molecular formula is C16H28N2O2. The van der Waals surface area contributed by atoms with E-state index in [0.29, 0.717) is 12.1 Å². The van der Waals surface area contributed by atoms with Crippen LogP contribution in [0.5, 0.6) is 0 Å². The quantitative estimate of drug-likeness (QED) is 0.839. The zero-order valence-corrected chi connectivity index (χ0v) is 12.8. The molecule has 1 aliphatic carbocycles. The van der Waals surface area contributed by atoms with E-state index in [1.807, 2.05) is 0 Å². The Hall–Kier alpha value is -0.610. The third-order valence-corrected chi connectivity index (χ3v) is 5.66. The van der Waals surface area contributed by atoms with Gasteiger partial charge in [0, 0.05) is 24.7 Å². The van der Waals surface area contributed by atoms with Crippen LogP contribution in [0, 0.1) is 0 Å². The molecule has 3 aliphatic rings. The van der Waals surface area contributed by atoms with Gasteiger partial charge in [0.2, 0.25) is 0 Å². The summed E-state index contributed by atoms with van der Waals surface area (Å²) in [4.78, 5) is 16.9. The summed E-state index contributed by atoms with van der Waals surface area (Å²) in [6.07, 6.45) is 7.47. The molecule has 114 valence electrons. The predicted molar refractivity (Wildman–Crippen MR) is 78.8 cm³/mol. The molecule has 2 heterocycles. The summed E-state index contributed by atoms with van der Waals surface area (Å²) < 4.78 is 0. The van der Waals surface area contributed by atoms with Gasteiger partial charge in [-0.1, -0.05) is 13.3 Å². The number of likely N-dealkylation sites (tertiary alicyclic amines) is 2. The van der Waals surface area contributed by atoms with Crippen LogP contribution in [0.2, 0.25) is 0 Å². The zero-order valence-electron chi connectivity index (χ0n) is 12.8. The molecule has 3 rings (SSSR count). The van der Waals surface area contributed by atoms with Crippen molar-refractivity contribution in [2.75, 3.05) is 13.1 Å². The van der Waals surface area contributed by atoms with E-state index < -0.39 is 11.5 Å². The molecule has 0 radical (unpaired) electrons. The maximum Gasteiger partial charge on any atom is 0.324 e. The highest BCUT2D eigenvalue weighted by molar-refractivity contribution is 5.79. The second kappa shape index (κ2) is 5.30. The number of carboxylic acids is 1. The molecule has 3 unspecified atom stereocenters. The fourth-order valence-electron chi connectivity index (χ4n) is 4.62. The van der Waals surface area contributed by atoms with Crippen molar-refractivity contribution in [3.8, 4) is 0 Å². The van der Waals surface area contributed by atoms with E-state index in [1.165, 1.54) is 12.8 Å². The van der Waals surface area contributed by atoms with E-state index >= 15 is 0 Å². The summed E-state index contributed by atoms with van der Waals surface area (Å²) in [5.41, 5.74) is -0.571. The number of carboxylic acid groups (broad SMARTS) is 1.